The van der Waals surface area contributed by atoms with Crippen molar-refractivity contribution in [2.45, 2.75) is 0 Å². The van der Waals surface area contributed by atoms with E-state index in [9.17, 15) is 0 Å². The van der Waals surface area contributed by atoms with E-state index in [1.165, 1.54) is 0 Å². The molecule has 0 aliphatic rings. The van der Waals surface area contributed by atoms with Crippen molar-refractivity contribution < 1.29 is 5.11 Å². The molecule has 2 nitrogen and oxygen atoms in total. The zero-order valence-corrected chi connectivity index (χ0v) is 5.07. The molecule has 0 spiro atoms. The summed E-state index contributed by atoms with van der Waals surface area (Å²) < 4.78 is 0. The minimum atomic E-state index is 0.750. The summed E-state index contributed by atoms with van der Waals surface area (Å²) in [4.78, 5) is 3.78. The molecule has 2 heteroatoms. The van der Waals surface area contributed by atoms with Crippen LogP contribution in [-0.4, -0.2) is 10.1 Å². The van der Waals surface area contributed by atoms with Crippen LogP contribution in [0, 0.1) is 0 Å². The first kappa shape index (κ1) is 7.69. The zero-order valence-electron chi connectivity index (χ0n) is 5.07. The van der Waals surface area contributed by atoms with Crippen molar-refractivity contribution in [2.24, 2.45) is 0 Å². The van der Waals surface area contributed by atoms with E-state index >= 15 is 0 Å². The van der Waals surface area contributed by atoms with Gasteiger partial charge >= 0.3 is 0 Å². The van der Waals surface area contributed by atoms with Crippen LogP contribution in [0.2, 0.25) is 0 Å². The van der Waals surface area contributed by atoms with E-state index in [-0.39, 0.29) is 0 Å². The number of rotatable bonds is 0. The third-order valence-electron chi connectivity index (χ3n) is 0.566. The summed E-state index contributed by atoms with van der Waals surface area (Å²) in [7, 11) is 0. The number of aromatic nitrogens is 1. The second kappa shape index (κ2) is 6.69. The summed E-state index contributed by atoms with van der Waals surface area (Å²) >= 11 is 0. The van der Waals surface area contributed by atoms with Crippen molar-refractivity contribution in [2.75, 3.05) is 0 Å². The minimum absolute atomic E-state index is 0.750. The molecule has 1 heterocycles. The fourth-order valence-corrected chi connectivity index (χ4v) is 0.313. The molecule has 9 heavy (non-hydrogen) atoms. The van der Waals surface area contributed by atoms with Crippen LogP contribution in [0.1, 0.15) is 0 Å². The van der Waals surface area contributed by atoms with E-state index in [0.29, 0.717) is 0 Å². The van der Waals surface area contributed by atoms with Crippen molar-refractivity contribution in [3.63, 3.8) is 0 Å². The van der Waals surface area contributed by atoms with Crippen molar-refractivity contribution in [1.29, 1.82) is 0 Å². The minimum Gasteiger partial charge on any atom is -0.516 e. The van der Waals surface area contributed by atoms with E-state index < -0.39 is 0 Å². The van der Waals surface area contributed by atoms with Crippen LogP contribution < -0.4 is 0 Å². The number of hydrogen-bond acceptors (Lipinski definition) is 2. The van der Waals surface area contributed by atoms with E-state index in [0.717, 1.165) is 6.26 Å². The average molecular weight is 123 g/mol. The first-order chi connectivity index (χ1) is 4.41. The highest BCUT2D eigenvalue weighted by atomic mass is 16.2. The largest absolute Gasteiger partial charge is 0.516 e. The highest BCUT2D eigenvalue weighted by Crippen LogP contribution is 1.73. The highest BCUT2D eigenvalue weighted by molar-refractivity contribution is 4.88. The van der Waals surface area contributed by atoms with Gasteiger partial charge in [-0.05, 0) is 12.1 Å². The number of hydrogen-bond donors (Lipinski definition) is 1. The molecule has 0 saturated heterocycles. The Bertz CT molecular complexity index is 112. The molecule has 48 valence electrons. The molecule has 0 saturated carbocycles. The highest BCUT2D eigenvalue weighted by Gasteiger charge is 1.58. The molecule has 1 aromatic heterocycles. The lowest BCUT2D eigenvalue weighted by molar-refractivity contribution is 0.476. The van der Waals surface area contributed by atoms with E-state index in [1.807, 2.05) is 18.2 Å². The Labute approximate surface area is 54.5 Å². The summed E-state index contributed by atoms with van der Waals surface area (Å²) in [6.07, 6.45) is 4.25. The van der Waals surface area contributed by atoms with Gasteiger partial charge in [-0.3, -0.25) is 4.98 Å². The fraction of sp³-hybridized carbons (Fsp3) is 0. The molecular formula is C7H9NO. The predicted octanol–water partition coefficient (Wildman–Crippen LogP) is 1.77. The van der Waals surface area contributed by atoms with Crippen LogP contribution in [0.4, 0.5) is 0 Å². The van der Waals surface area contributed by atoms with Gasteiger partial charge in [0.25, 0.3) is 0 Å². The Morgan fingerprint density at radius 1 is 1.22 bits per heavy atom. The summed E-state index contributed by atoms with van der Waals surface area (Å²) in [6.45, 7) is 2.92. The Hall–Kier alpha value is -1.31. The second-order valence-electron chi connectivity index (χ2n) is 1.21. The third-order valence-corrected chi connectivity index (χ3v) is 0.566. The molecule has 0 unspecified atom stereocenters. The normalized spacial score (nSPS) is 6.67. The number of pyridine rings is 1. The Kier molecular flexibility index (Phi) is 5.72. The molecule has 1 aromatic rings. The lowest BCUT2D eigenvalue weighted by Gasteiger charge is -1.70. The van der Waals surface area contributed by atoms with Gasteiger partial charge in [-0.1, -0.05) is 12.6 Å². The quantitative estimate of drug-likeness (QED) is 0.533. The van der Waals surface area contributed by atoms with Crippen molar-refractivity contribution in [3.05, 3.63) is 43.4 Å². The lowest BCUT2D eigenvalue weighted by atomic mass is 10.5. The summed E-state index contributed by atoms with van der Waals surface area (Å²) in [6, 6.07) is 5.72. The maximum absolute atomic E-state index is 7.33. The van der Waals surface area contributed by atoms with Gasteiger partial charge in [-0.15, -0.1) is 0 Å². The smallest absolute Gasteiger partial charge is 0.0719 e. The van der Waals surface area contributed by atoms with Gasteiger partial charge in [0.15, 0.2) is 0 Å². The second-order valence-corrected chi connectivity index (χ2v) is 1.21. The summed E-state index contributed by atoms with van der Waals surface area (Å²) in [5, 5.41) is 7.33. The monoisotopic (exact) mass is 123 g/mol. The first-order valence-corrected chi connectivity index (χ1v) is 2.52. The molecule has 0 aliphatic heterocycles. The molecule has 0 aliphatic carbocycles. The Morgan fingerprint density at radius 3 is 1.78 bits per heavy atom. The molecule has 0 bridgehead atoms. The molecule has 1 rings (SSSR count). The summed E-state index contributed by atoms with van der Waals surface area (Å²) in [5.41, 5.74) is 0. The van der Waals surface area contributed by atoms with Crippen LogP contribution in [0.3, 0.4) is 0 Å². The fourth-order valence-electron chi connectivity index (χ4n) is 0.313. The Balaban J connectivity index is 0.000000187. The summed E-state index contributed by atoms with van der Waals surface area (Å²) in [5.74, 6) is 0. The van der Waals surface area contributed by atoms with E-state index in [4.69, 9.17) is 5.11 Å². The Morgan fingerprint density at radius 2 is 1.67 bits per heavy atom. The number of aliphatic hydroxyl groups is 1. The van der Waals surface area contributed by atoms with Crippen LogP contribution in [0.15, 0.2) is 43.4 Å². The van der Waals surface area contributed by atoms with Crippen LogP contribution in [0.5, 0.6) is 0 Å². The van der Waals surface area contributed by atoms with Gasteiger partial charge < -0.3 is 5.11 Å². The zero-order chi connectivity index (χ0) is 6.95. The maximum Gasteiger partial charge on any atom is 0.0719 e. The van der Waals surface area contributed by atoms with Gasteiger partial charge in [0.1, 0.15) is 0 Å². The van der Waals surface area contributed by atoms with E-state index in [2.05, 4.69) is 11.6 Å². The SMILES string of the molecule is C=CO.c1ccncc1. The molecule has 0 fully saturated rings. The van der Waals surface area contributed by atoms with Crippen LogP contribution >= 0.6 is 0 Å². The number of aliphatic hydroxyl groups excluding tert-OH is 1. The molecule has 1 N–H and O–H groups in total. The molecular weight excluding hydrogens is 114 g/mol. The molecule has 0 radical (unpaired) electrons. The first-order valence-electron chi connectivity index (χ1n) is 2.52. The van der Waals surface area contributed by atoms with Gasteiger partial charge in [0, 0.05) is 12.4 Å². The van der Waals surface area contributed by atoms with Gasteiger partial charge in [0.05, 0.1) is 6.26 Å². The number of nitrogens with zero attached hydrogens (tertiary/aromatic N) is 1. The third kappa shape index (κ3) is 6.69. The predicted molar refractivity (Wildman–Crippen MR) is 37.1 cm³/mol. The van der Waals surface area contributed by atoms with Crippen LogP contribution in [0.25, 0.3) is 0 Å². The van der Waals surface area contributed by atoms with Gasteiger partial charge in [-0.2, -0.15) is 0 Å². The molecule has 0 amide bonds. The molecule has 0 atom stereocenters. The lowest BCUT2D eigenvalue weighted by Crippen LogP contribution is -1.58. The molecule has 0 aromatic carbocycles. The van der Waals surface area contributed by atoms with Crippen molar-refractivity contribution in [3.8, 4) is 0 Å². The van der Waals surface area contributed by atoms with Crippen molar-refractivity contribution >= 4 is 0 Å². The topological polar surface area (TPSA) is 33.1 Å². The average Bonchev–Trinajstić information content (AvgIpc) is 1.93. The standard InChI is InChI=1S/C5H5N.C2H4O/c1-2-4-6-5-3-1;1-2-3/h1-5H;2-3H,1H2. The van der Waals surface area contributed by atoms with Crippen molar-refractivity contribution in [1.82, 2.24) is 4.98 Å². The van der Waals surface area contributed by atoms with Gasteiger partial charge in [0.2, 0.25) is 0 Å². The van der Waals surface area contributed by atoms with Crippen LogP contribution in [-0.2, 0) is 0 Å². The van der Waals surface area contributed by atoms with Gasteiger partial charge in [-0.25, -0.2) is 0 Å². The van der Waals surface area contributed by atoms with E-state index in [1.54, 1.807) is 12.4 Å². The maximum atomic E-state index is 7.33.